The van der Waals surface area contributed by atoms with Crippen LogP contribution in [0.3, 0.4) is 0 Å². The van der Waals surface area contributed by atoms with E-state index in [9.17, 15) is 4.79 Å². The second-order valence-electron chi connectivity index (χ2n) is 3.71. The molecule has 2 fully saturated rings. The molecule has 6 heteroatoms. The van der Waals surface area contributed by atoms with E-state index in [0.29, 0.717) is 39.5 Å². The van der Waals surface area contributed by atoms with Crippen LogP contribution in [0, 0.1) is 11.3 Å². The van der Waals surface area contributed by atoms with E-state index in [2.05, 4.69) is 0 Å². The highest BCUT2D eigenvalue weighted by Gasteiger charge is 2.31. The Morgan fingerprint density at radius 3 is 2.88 bits per heavy atom. The molecule has 2 rings (SSSR count). The minimum absolute atomic E-state index is 0.108. The summed E-state index contributed by atoms with van der Waals surface area (Å²) in [5.41, 5.74) is 0. The molecule has 0 N–H and O–H groups in total. The SMILES string of the molecule is N#CC1CN(C(=O)C2COCCO2)CCO1. The number of hydrogen-bond acceptors (Lipinski definition) is 5. The largest absolute Gasteiger partial charge is 0.376 e. The Morgan fingerprint density at radius 1 is 1.31 bits per heavy atom. The highest BCUT2D eigenvalue weighted by molar-refractivity contribution is 5.81. The predicted octanol–water partition coefficient (Wildman–Crippen LogP) is -0.847. The number of nitriles is 1. The third-order valence-electron chi connectivity index (χ3n) is 2.61. The number of rotatable bonds is 1. The van der Waals surface area contributed by atoms with Crippen molar-refractivity contribution >= 4 is 5.91 Å². The summed E-state index contributed by atoms with van der Waals surface area (Å²) in [6, 6.07) is 2.00. The van der Waals surface area contributed by atoms with Gasteiger partial charge in [-0.15, -0.1) is 0 Å². The lowest BCUT2D eigenvalue weighted by molar-refractivity contribution is -0.162. The molecule has 0 aromatic rings. The fraction of sp³-hybridized carbons (Fsp3) is 0.800. The number of ether oxygens (including phenoxy) is 3. The van der Waals surface area contributed by atoms with Gasteiger partial charge >= 0.3 is 0 Å². The third kappa shape index (κ3) is 2.50. The zero-order valence-corrected chi connectivity index (χ0v) is 8.92. The smallest absolute Gasteiger partial charge is 0.254 e. The first-order valence-corrected chi connectivity index (χ1v) is 5.30. The molecule has 0 bridgehead atoms. The monoisotopic (exact) mass is 226 g/mol. The molecule has 2 aliphatic heterocycles. The van der Waals surface area contributed by atoms with Crippen molar-refractivity contribution in [1.82, 2.24) is 4.90 Å². The quantitative estimate of drug-likeness (QED) is 0.582. The van der Waals surface area contributed by atoms with E-state index in [-0.39, 0.29) is 5.91 Å². The molecule has 2 heterocycles. The van der Waals surface area contributed by atoms with Crippen LogP contribution in [-0.2, 0) is 19.0 Å². The lowest BCUT2D eigenvalue weighted by Crippen LogP contribution is -2.51. The van der Waals surface area contributed by atoms with E-state index in [4.69, 9.17) is 19.5 Å². The van der Waals surface area contributed by atoms with Crippen LogP contribution in [-0.4, -0.2) is 62.5 Å². The number of carbonyl (C=O) groups excluding carboxylic acids is 1. The van der Waals surface area contributed by atoms with Gasteiger partial charge in [0.2, 0.25) is 0 Å². The van der Waals surface area contributed by atoms with Crippen LogP contribution in [0.5, 0.6) is 0 Å². The van der Waals surface area contributed by atoms with Crippen molar-refractivity contribution in [3.8, 4) is 6.07 Å². The van der Waals surface area contributed by atoms with Gasteiger partial charge in [0.1, 0.15) is 0 Å². The summed E-state index contributed by atoms with van der Waals surface area (Å²) in [5, 5.41) is 8.73. The van der Waals surface area contributed by atoms with Crippen molar-refractivity contribution in [1.29, 1.82) is 5.26 Å². The van der Waals surface area contributed by atoms with E-state index in [1.54, 1.807) is 4.90 Å². The maximum atomic E-state index is 12.0. The molecule has 2 unspecified atom stereocenters. The summed E-state index contributed by atoms with van der Waals surface area (Å²) in [4.78, 5) is 13.6. The van der Waals surface area contributed by atoms with Gasteiger partial charge in [-0.05, 0) is 0 Å². The Bertz CT molecular complexity index is 296. The third-order valence-corrected chi connectivity index (χ3v) is 2.61. The maximum absolute atomic E-state index is 12.0. The van der Waals surface area contributed by atoms with Gasteiger partial charge in [-0.1, -0.05) is 0 Å². The molecular weight excluding hydrogens is 212 g/mol. The van der Waals surface area contributed by atoms with Crippen LogP contribution in [0.15, 0.2) is 0 Å². The van der Waals surface area contributed by atoms with Gasteiger partial charge in [0.25, 0.3) is 5.91 Å². The lowest BCUT2D eigenvalue weighted by atomic mass is 10.2. The fourth-order valence-corrected chi connectivity index (χ4v) is 1.76. The summed E-state index contributed by atoms with van der Waals surface area (Å²) in [7, 11) is 0. The molecule has 88 valence electrons. The van der Waals surface area contributed by atoms with Crippen LogP contribution in [0.1, 0.15) is 0 Å². The second-order valence-corrected chi connectivity index (χ2v) is 3.71. The first kappa shape index (κ1) is 11.3. The second kappa shape index (κ2) is 5.25. The standard InChI is InChI=1S/C10H14N2O4/c11-5-8-6-12(1-2-15-8)10(13)9-7-14-3-4-16-9/h8-9H,1-4,6-7H2. The zero-order chi connectivity index (χ0) is 11.4. The van der Waals surface area contributed by atoms with Crippen LogP contribution in [0.25, 0.3) is 0 Å². The molecule has 0 aromatic heterocycles. The Balaban J connectivity index is 1.90. The van der Waals surface area contributed by atoms with Crippen LogP contribution in [0.2, 0.25) is 0 Å². The van der Waals surface area contributed by atoms with E-state index >= 15 is 0 Å². The topological polar surface area (TPSA) is 71.8 Å². The molecule has 6 nitrogen and oxygen atoms in total. The number of hydrogen-bond donors (Lipinski definition) is 0. The van der Waals surface area contributed by atoms with Crippen molar-refractivity contribution in [3.05, 3.63) is 0 Å². The average Bonchev–Trinajstić information content (AvgIpc) is 2.39. The van der Waals surface area contributed by atoms with Crippen molar-refractivity contribution in [3.63, 3.8) is 0 Å². The van der Waals surface area contributed by atoms with Crippen molar-refractivity contribution in [2.45, 2.75) is 12.2 Å². The summed E-state index contributed by atoms with van der Waals surface area (Å²) in [5.74, 6) is -0.108. The average molecular weight is 226 g/mol. The summed E-state index contributed by atoms with van der Waals surface area (Å²) < 4.78 is 15.7. The Labute approximate surface area is 93.7 Å². The van der Waals surface area contributed by atoms with Crippen molar-refractivity contribution in [2.24, 2.45) is 0 Å². The summed E-state index contributed by atoms with van der Waals surface area (Å²) in [6.07, 6.45) is -1.05. The van der Waals surface area contributed by atoms with Gasteiger partial charge in [0.15, 0.2) is 12.2 Å². The van der Waals surface area contributed by atoms with Crippen LogP contribution >= 0.6 is 0 Å². The highest BCUT2D eigenvalue weighted by Crippen LogP contribution is 2.10. The molecular formula is C10H14N2O4. The minimum atomic E-state index is -0.526. The lowest BCUT2D eigenvalue weighted by Gasteiger charge is -2.33. The first-order valence-electron chi connectivity index (χ1n) is 5.30. The van der Waals surface area contributed by atoms with Crippen LogP contribution < -0.4 is 0 Å². The van der Waals surface area contributed by atoms with E-state index in [1.165, 1.54) is 0 Å². The zero-order valence-electron chi connectivity index (χ0n) is 8.92. The van der Waals surface area contributed by atoms with E-state index < -0.39 is 12.2 Å². The Morgan fingerprint density at radius 2 is 2.19 bits per heavy atom. The first-order chi connectivity index (χ1) is 7.81. The van der Waals surface area contributed by atoms with Crippen LogP contribution in [0.4, 0.5) is 0 Å². The van der Waals surface area contributed by atoms with E-state index in [0.717, 1.165) is 0 Å². The highest BCUT2D eigenvalue weighted by atomic mass is 16.6. The van der Waals surface area contributed by atoms with Gasteiger partial charge in [-0.2, -0.15) is 5.26 Å². The van der Waals surface area contributed by atoms with Crippen molar-refractivity contribution < 1.29 is 19.0 Å². The van der Waals surface area contributed by atoms with Crippen molar-refractivity contribution in [2.75, 3.05) is 39.5 Å². The maximum Gasteiger partial charge on any atom is 0.254 e. The molecule has 2 atom stereocenters. The van der Waals surface area contributed by atoms with Gasteiger partial charge < -0.3 is 19.1 Å². The molecule has 0 saturated carbocycles. The Kier molecular flexibility index (Phi) is 3.72. The molecule has 0 radical (unpaired) electrons. The normalized spacial score (nSPS) is 30.8. The number of carbonyl (C=O) groups is 1. The van der Waals surface area contributed by atoms with Gasteiger partial charge in [-0.3, -0.25) is 4.79 Å². The number of amides is 1. The minimum Gasteiger partial charge on any atom is -0.376 e. The van der Waals surface area contributed by atoms with Gasteiger partial charge in [0.05, 0.1) is 39.0 Å². The summed E-state index contributed by atoms with van der Waals surface area (Å²) >= 11 is 0. The van der Waals surface area contributed by atoms with Gasteiger partial charge in [0, 0.05) is 6.54 Å². The van der Waals surface area contributed by atoms with Gasteiger partial charge in [-0.25, -0.2) is 0 Å². The fourth-order valence-electron chi connectivity index (χ4n) is 1.76. The molecule has 1 amide bonds. The molecule has 0 aliphatic carbocycles. The number of nitrogens with zero attached hydrogens (tertiary/aromatic N) is 2. The summed E-state index contributed by atoms with van der Waals surface area (Å²) in [6.45, 7) is 2.51. The molecule has 0 aromatic carbocycles. The molecule has 16 heavy (non-hydrogen) atoms. The molecule has 2 aliphatic rings. The predicted molar refractivity (Wildman–Crippen MR) is 52.5 cm³/mol. The Hall–Kier alpha value is -1.16. The molecule has 2 saturated heterocycles. The molecule has 0 spiro atoms. The number of morpholine rings is 1. The van der Waals surface area contributed by atoms with E-state index in [1.807, 2.05) is 6.07 Å².